The Balaban J connectivity index is 1.44. The van der Waals surface area contributed by atoms with E-state index in [0.29, 0.717) is 5.95 Å². The summed E-state index contributed by atoms with van der Waals surface area (Å²) < 4.78 is 4.94. The third kappa shape index (κ3) is 2.50. The zero-order valence-corrected chi connectivity index (χ0v) is 22.0. The lowest BCUT2D eigenvalue weighted by Crippen LogP contribution is -2.03. The molecule has 10 rings (SSSR count). The van der Waals surface area contributed by atoms with Crippen molar-refractivity contribution in [3.8, 4) is 28.3 Å². The summed E-state index contributed by atoms with van der Waals surface area (Å²) in [6, 6.07) is 41.3. The summed E-state index contributed by atoms with van der Waals surface area (Å²) >= 11 is 1.89. The molecule has 0 fully saturated rings. The van der Waals surface area contributed by atoms with Crippen molar-refractivity contribution in [2.24, 2.45) is 0 Å². The minimum atomic E-state index is 0.701. The van der Waals surface area contributed by atoms with Gasteiger partial charge in [0.25, 0.3) is 0 Å². The van der Waals surface area contributed by atoms with Crippen molar-refractivity contribution in [3.05, 3.63) is 115 Å². The van der Waals surface area contributed by atoms with E-state index in [0.717, 1.165) is 33.2 Å². The zero-order valence-electron chi connectivity index (χ0n) is 21.2. The van der Waals surface area contributed by atoms with Gasteiger partial charge in [-0.05, 0) is 52.2 Å². The fourth-order valence-electron chi connectivity index (χ4n) is 6.92. The monoisotopic (exact) mass is 525 g/mol. The third-order valence-corrected chi connectivity index (χ3v) is 9.65. The maximum atomic E-state index is 5.28. The zero-order chi connectivity index (χ0) is 25.9. The maximum absolute atomic E-state index is 5.28. The van der Waals surface area contributed by atoms with Crippen LogP contribution in [0.3, 0.4) is 0 Å². The number of thiophene rings is 1. The first-order chi connectivity index (χ1) is 19.8. The van der Waals surface area contributed by atoms with Crippen LogP contribution in [0.5, 0.6) is 0 Å². The largest absolute Gasteiger partial charge is 0.278 e. The minimum absolute atomic E-state index is 0.701. The molecule has 0 saturated heterocycles. The van der Waals surface area contributed by atoms with E-state index in [1.807, 2.05) is 17.4 Å². The van der Waals surface area contributed by atoms with Crippen LogP contribution < -0.4 is 0 Å². The molecule has 0 aliphatic heterocycles. The summed E-state index contributed by atoms with van der Waals surface area (Å²) in [6.45, 7) is 0. The summed E-state index contributed by atoms with van der Waals surface area (Å²) in [5.74, 6) is 0.701. The highest BCUT2D eigenvalue weighted by Crippen LogP contribution is 2.51. The molecule has 4 heteroatoms. The Morgan fingerprint density at radius 2 is 1.23 bits per heavy atom. The van der Waals surface area contributed by atoms with E-state index in [9.17, 15) is 0 Å². The van der Waals surface area contributed by atoms with Gasteiger partial charge in [0, 0.05) is 41.9 Å². The Kier molecular flexibility index (Phi) is 3.81. The van der Waals surface area contributed by atoms with Crippen molar-refractivity contribution < 1.29 is 0 Å². The molecule has 0 saturated carbocycles. The van der Waals surface area contributed by atoms with Crippen LogP contribution in [0, 0.1) is 0 Å². The summed E-state index contributed by atoms with van der Waals surface area (Å²) in [4.78, 5) is 10.5. The summed E-state index contributed by atoms with van der Waals surface area (Å²) in [5.41, 5.74) is 7.84. The summed E-state index contributed by atoms with van der Waals surface area (Å²) in [7, 11) is 0. The van der Waals surface area contributed by atoms with E-state index in [1.165, 1.54) is 52.8 Å². The molecule has 40 heavy (non-hydrogen) atoms. The van der Waals surface area contributed by atoms with Crippen LogP contribution in [0.15, 0.2) is 115 Å². The molecule has 6 aromatic carbocycles. The van der Waals surface area contributed by atoms with Gasteiger partial charge in [0.15, 0.2) is 0 Å². The first kappa shape index (κ1) is 20.8. The predicted octanol–water partition coefficient (Wildman–Crippen LogP) is 9.90. The van der Waals surface area contributed by atoms with Gasteiger partial charge in [-0.1, -0.05) is 84.9 Å². The summed E-state index contributed by atoms with van der Waals surface area (Å²) in [5, 5.41) is 9.03. The molecule has 3 aromatic heterocycles. The van der Waals surface area contributed by atoms with Gasteiger partial charge in [0.1, 0.15) is 0 Å². The first-order valence-electron chi connectivity index (χ1n) is 13.5. The van der Waals surface area contributed by atoms with Gasteiger partial charge in [-0.15, -0.1) is 11.3 Å². The second-order valence-corrected chi connectivity index (χ2v) is 11.7. The van der Waals surface area contributed by atoms with Crippen LogP contribution in [0.25, 0.3) is 92.0 Å². The average molecular weight is 526 g/mol. The standard InChI is InChI=1S/C36H19N3S/c1-2-8-21(9-3-1)35-24-11-4-5-14-25(24)37-36(38-35)39-26-15-7-13-23-22-12-6-10-20-16-18-28-33(30(20)22)34-29(40-28)19-17-27(39)32(34)31(23)26/h1-19H. The van der Waals surface area contributed by atoms with Crippen molar-refractivity contribution in [3.63, 3.8) is 0 Å². The van der Waals surface area contributed by atoms with Crippen molar-refractivity contribution >= 4 is 75.0 Å². The number of benzene rings is 6. The van der Waals surface area contributed by atoms with E-state index in [4.69, 9.17) is 9.97 Å². The van der Waals surface area contributed by atoms with Crippen LogP contribution in [-0.4, -0.2) is 14.5 Å². The molecule has 1 aliphatic rings. The van der Waals surface area contributed by atoms with E-state index in [2.05, 4.69) is 114 Å². The van der Waals surface area contributed by atoms with Gasteiger partial charge >= 0.3 is 0 Å². The third-order valence-electron chi connectivity index (χ3n) is 8.53. The maximum Gasteiger partial charge on any atom is 0.235 e. The Morgan fingerprint density at radius 1 is 0.500 bits per heavy atom. The number of fused-ring (bicyclic) bond motifs is 2. The van der Waals surface area contributed by atoms with Crippen molar-refractivity contribution in [2.75, 3.05) is 0 Å². The van der Waals surface area contributed by atoms with Gasteiger partial charge in [0.05, 0.1) is 22.2 Å². The van der Waals surface area contributed by atoms with Crippen LogP contribution >= 0.6 is 11.3 Å². The molecule has 1 aliphatic carbocycles. The molecular formula is C36H19N3S. The highest BCUT2D eigenvalue weighted by Gasteiger charge is 2.26. The van der Waals surface area contributed by atoms with E-state index < -0.39 is 0 Å². The topological polar surface area (TPSA) is 30.7 Å². The molecule has 184 valence electrons. The fraction of sp³-hybridized carbons (Fsp3) is 0. The smallest absolute Gasteiger partial charge is 0.235 e. The number of hydrogen-bond donors (Lipinski definition) is 0. The molecule has 0 N–H and O–H groups in total. The molecular weight excluding hydrogens is 506 g/mol. The lowest BCUT2D eigenvalue weighted by Gasteiger charge is -2.13. The number of hydrogen-bond acceptors (Lipinski definition) is 3. The van der Waals surface area contributed by atoms with Crippen molar-refractivity contribution in [2.45, 2.75) is 0 Å². The Labute approximate surface area is 232 Å². The normalized spacial score (nSPS) is 12.5. The van der Waals surface area contributed by atoms with Crippen LogP contribution in [-0.2, 0) is 0 Å². The molecule has 3 heterocycles. The Morgan fingerprint density at radius 3 is 2.12 bits per heavy atom. The van der Waals surface area contributed by atoms with Gasteiger partial charge in [-0.3, -0.25) is 4.57 Å². The SMILES string of the molecule is c1ccc(-c2nc(-n3c4cccc5c4c4c6c(ccc43)sc3ccc4cccc-5c4c36)nc3ccccc23)cc1. The van der Waals surface area contributed by atoms with Gasteiger partial charge < -0.3 is 0 Å². The first-order valence-corrected chi connectivity index (χ1v) is 14.3. The van der Waals surface area contributed by atoms with Crippen LogP contribution in [0.1, 0.15) is 0 Å². The number of aromatic nitrogens is 3. The highest BCUT2D eigenvalue weighted by molar-refractivity contribution is 7.26. The van der Waals surface area contributed by atoms with Crippen molar-refractivity contribution in [1.29, 1.82) is 0 Å². The lowest BCUT2D eigenvalue weighted by molar-refractivity contribution is 1.01. The second kappa shape index (κ2) is 7.32. The number of para-hydroxylation sites is 1. The van der Waals surface area contributed by atoms with Gasteiger partial charge in [0.2, 0.25) is 5.95 Å². The molecule has 0 amide bonds. The Bertz CT molecular complexity index is 2540. The molecule has 0 radical (unpaired) electrons. The van der Waals surface area contributed by atoms with Crippen molar-refractivity contribution in [1.82, 2.24) is 14.5 Å². The van der Waals surface area contributed by atoms with E-state index >= 15 is 0 Å². The van der Waals surface area contributed by atoms with E-state index in [-0.39, 0.29) is 0 Å². The summed E-state index contributed by atoms with van der Waals surface area (Å²) in [6.07, 6.45) is 0. The quantitative estimate of drug-likeness (QED) is 0.225. The van der Waals surface area contributed by atoms with Gasteiger partial charge in [-0.25, -0.2) is 9.97 Å². The highest BCUT2D eigenvalue weighted by atomic mass is 32.1. The molecule has 0 spiro atoms. The minimum Gasteiger partial charge on any atom is -0.278 e. The average Bonchev–Trinajstić information content (AvgIpc) is 3.52. The van der Waals surface area contributed by atoms with Crippen LogP contribution in [0.4, 0.5) is 0 Å². The lowest BCUT2D eigenvalue weighted by atomic mass is 9.95. The predicted molar refractivity (Wildman–Crippen MR) is 169 cm³/mol. The van der Waals surface area contributed by atoms with Gasteiger partial charge in [-0.2, -0.15) is 0 Å². The number of nitrogens with zero attached hydrogens (tertiary/aromatic N) is 3. The second-order valence-electron chi connectivity index (χ2n) is 10.6. The number of rotatable bonds is 2. The molecule has 0 atom stereocenters. The molecule has 0 unspecified atom stereocenters. The Hall–Kier alpha value is -5.06. The van der Waals surface area contributed by atoms with Crippen LogP contribution in [0.2, 0.25) is 0 Å². The molecule has 3 nitrogen and oxygen atoms in total. The van der Waals surface area contributed by atoms with E-state index in [1.54, 1.807) is 0 Å². The fourth-order valence-corrected chi connectivity index (χ4v) is 8.04. The molecule has 0 bridgehead atoms. The molecule has 9 aromatic rings.